The Kier molecular flexibility index (Phi) is 5.59. The van der Waals surface area contributed by atoms with E-state index in [1.165, 1.54) is 25.3 Å². The lowest BCUT2D eigenvalue weighted by atomic mass is 9.98. The van der Waals surface area contributed by atoms with Gasteiger partial charge >= 0.3 is 0 Å². The lowest BCUT2D eigenvalue weighted by molar-refractivity contribution is 0.0301. The number of hydrogen-bond donors (Lipinski definition) is 2. The van der Waals surface area contributed by atoms with E-state index in [1.807, 2.05) is 0 Å². The Bertz CT molecular complexity index is 506. The van der Waals surface area contributed by atoms with Crippen LogP contribution in [0.2, 0.25) is 0 Å². The largest absolute Gasteiger partial charge is 0.447 e. The van der Waals surface area contributed by atoms with Crippen molar-refractivity contribution in [2.24, 2.45) is 5.14 Å². The van der Waals surface area contributed by atoms with Crippen LogP contribution in [0.3, 0.4) is 0 Å². The first-order chi connectivity index (χ1) is 9.55. The zero-order valence-electron chi connectivity index (χ0n) is 11.5. The van der Waals surface area contributed by atoms with E-state index in [2.05, 4.69) is 5.32 Å². The van der Waals surface area contributed by atoms with Crippen LogP contribution in [-0.4, -0.2) is 27.7 Å². The van der Waals surface area contributed by atoms with E-state index in [0.717, 1.165) is 12.8 Å². The van der Waals surface area contributed by atoms with Crippen LogP contribution in [0.25, 0.3) is 0 Å². The van der Waals surface area contributed by atoms with Crippen molar-refractivity contribution in [3.05, 3.63) is 17.9 Å². The molecule has 7 heteroatoms. The number of primary sulfonamides is 1. The SMILES string of the molecule is NS(=O)(=O)c1ccc(CNCCOC2CCCCC2)o1. The van der Waals surface area contributed by atoms with Crippen molar-refractivity contribution in [3.8, 4) is 0 Å². The average molecular weight is 302 g/mol. The molecule has 1 fully saturated rings. The molecule has 0 bridgehead atoms. The zero-order chi connectivity index (χ0) is 14.4. The Morgan fingerprint density at radius 1 is 1.30 bits per heavy atom. The summed E-state index contributed by atoms with van der Waals surface area (Å²) < 4.78 is 33.0. The van der Waals surface area contributed by atoms with Crippen molar-refractivity contribution >= 4 is 10.0 Å². The Balaban J connectivity index is 1.62. The van der Waals surface area contributed by atoms with Gasteiger partial charge in [0.2, 0.25) is 5.09 Å². The van der Waals surface area contributed by atoms with Gasteiger partial charge in [-0.05, 0) is 25.0 Å². The molecule has 1 aromatic rings. The molecule has 20 heavy (non-hydrogen) atoms. The highest BCUT2D eigenvalue weighted by molar-refractivity contribution is 7.89. The second-order valence-electron chi connectivity index (χ2n) is 5.07. The van der Waals surface area contributed by atoms with Gasteiger partial charge in [-0.1, -0.05) is 19.3 Å². The molecule has 0 unspecified atom stereocenters. The molecule has 0 atom stereocenters. The van der Waals surface area contributed by atoms with Gasteiger partial charge in [-0.15, -0.1) is 0 Å². The fourth-order valence-electron chi connectivity index (χ4n) is 2.35. The molecule has 1 aliphatic carbocycles. The predicted octanol–water partition coefficient (Wildman–Crippen LogP) is 1.37. The molecule has 0 amide bonds. The van der Waals surface area contributed by atoms with E-state index < -0.39 is 10.0 Å². The number of ether oxygens (including phenoxy) is 1. The van der Waals surface area contributed by atoms with Crippen LogP contribution in [0.1, 0.15) is 37.9 Å². The predicted molar refractivity (Wildman–Crippen MR) is 74.6 cm³/mol. The molecule has 114 valence electrons. The molecule has 2 rings (SSSR count). The molecule has 0 aliphatic heterocycles. The zero-order valence-corrected chi connectivity index (χ0v) is 12.3. The summed E-state index contributed by atoms with van der Waals surface area (Å²) in [5.41, 5.74) is 0. The standard InChI is InChI=1S/C13H22N2O4S/c14-20(16,17)13-7-6-12(19-13)10-15-8-9-18-11-4-2-1-3-5-11/h6-7,11,15H,1-5,8-10H2,(H2,14,16,17). The fraction of sp³-hybridized carbons (Fsp3) is 0.692. The van der Waals surface area contributed by atoms with Crippen molar-refractivity contribution in [2.75, 3.05) is 13.2 Å². The lowest BCUT2D eigenvalue weighted by Gasteiger charge is -2.21. The highest BCUT2D eigenvalue weighted by atomic mass is 32.2. The van der Waals surface area contributed by atoms with E-state index in [0.29, 0.717) is 31.6 Å². The Morgan fingerprint density at radius 3 is 2.70 bits per heavy atom. The molecule has 1 saturated carbocycles. The third-order valence-corrected chi connectivity index (χ3v) is 4.18. The molecule has 1 aliphatic rings. The number of nitrogens with one attached hydrogen (secondary N) is 1. The van der Waals surface area contributed by atoms with Gasteiger partial charge in [0.15, 0.2) is 0 Å². The second kappa shape index (κ2) is 7.21. The second-order valence-corrected chi connectivity index (χ2v) is 6.57. The summed E-state index contributed by atoms with van der Waals surface area (Å²) in [5, 5.41) is 7.92. The van der Waals surface area contributed by atoms with Gasteiger partial charge in [0.1, 0.15) is 5.76 Å². The summed E-state index contributed by atoms with van der Waals surface area (Å²) in [6.45, 7) is 1.83. The van der Waals surface area contributed by atoms with Crippen LogP contribution >= 0.6 is 0 Å². The number of nitrogens with two attached hydrogens (primary N) is 1. The van der Waals surface area contributed by atoms with Crippen molar-refractivity contribution in [2.45, 2.75) is 49.8 Å². The first kappa shape index (κ1) is 15.5. The fourth-order valence-corrected chi connectivity index (χ4v) is 2.83. The molecular formula is C13H22N2O4S. The molecule has 1 aromatic heterocycles. The lowest BCUT2D eigenvalue weighted by Crippen LogP contribution is -2.24. The number of hydrogen-bond acceptors (Lipinski definition) is 5. The Morgan fingerprint density at radius 2 is 2.05 bits per heavy atom. The third-order valence-electron chi connectivity index (χ3n) is 3.40. The maximum Gasteiger partial charge on any atom is 0.271 e. The summed E-state index contributed by atoms with van der Waals surface area (Å²) in [6.07, 6.45) is 6.58. The maximum absolute atomic E-state index is 11.0. The van der Waals surface area contributed by atoms with Crippen molar-refractivity contribution in [3.63, 3.8) is 0 Å². The molecule has 0 spiro atoms. The van der Waals surface area contributed by atoms with Crippen LogP contribution in [-0.2, 0) is 21.3 Å². The highest BCUT2D eigenvalue weighted by Crippen LogP contribution is 2.19. The van der Waals surface area contributed by atoms with Gasteiger partial charge in [-0.25, -0.2) is 13.6 Å². The minimum atomic E-state index is -3.75. The van der Waals surface area contributed by atoms with Crippen molar-refractivity contribution < 1.29 is 17.6 Å². The van der Waals surface area contributed by atoms with Crippen LogP contribution < -0.4 is 10.5 Å². The quantitative estimate of drug-likeness (QED) is 0.742. The van der Waals surface area contributed by atoms with Gasteiger partial charge in [0.25, 0.3) is 10.0 Å². The van der Waals surface area contributed by atoms with Crippen molar-refractivity contribution in [1.29, 1.82) is 0 Å². The Hall–Kier alpha value is -0.890. The normalized spacial score (nSPS) is 17.4. The molecule has 1 heterocycles. The van der Waals surface area contributed by atoms with Crippen LogP contribution in [0, 0.1) is 0 Å². The summed E-state index contributed by atoms with van der Waals surface area (Å²) in [6, 6.07) is 2.97. The Labute approximate surface area is 119 Å². The number of rotatable bonds is 7. The number of sulfonamides is 1. The van der Waals surface area contributed by atoms with Crippen LogP contribution in [0.5, 0.6) is 0 Å². The molecule has 3 N–H and O–H groups in total. The van der Waals surface area contributed by atoms with Gasteiger partial charge in [0, 0.05) is 6.54 Å². The summed E-state index contributed by atoms with van der Waals surface area (Å²) in [4.78, 5) is 0. The van der Waals surface area contributed by atoms with Gasteiger partial charge < -0.3 is 14.5 Å². The highest BCUT2D eigenvalue weighted by Gasteiger charge is 2.14. The van der Waals surface area contributed by atoms with Crippen molar-refractivity contribution in [1.82, 2.24) is 5.32 Å². The van der Waals surface area contributed by atoms with E-state index in [1.54, 1.807) is 6.07 Å². The minimum absolute atomic E-state index is 0.201. The van der Waals surface area contributed by atoms with Gasteiger partial charge in [-0.2, -0.15) is 0 Å². The average Bonchev–Trinajstić information content (AvgIpc) is 2.88. The summed E-state index contributed by atoms with van der Waals surface area (Å²) in [5.74, 6) is 0.548. The topological polar surface area (TPSA) is 94.6 Å². The molecule has 0 aromatic carbocycles. The van der Waals surface area contributed by atoms with E-state index in [4.69, 9.17) is 14.3 Å². The molecule has 6 nitrogen and oxygen atoms in total. The summed E-state index contributed by atoms with van der Waals surface area (Å²) in [7, 11) is -3.75. The molecule has 0 saturated heterocycles. The van der Waals surface area contributed by atoms with Crippen LogP contribution in [0.4, 0.5) is 0 Å². The smallest absolute Gasteiger partial charge is 0.271 e. The van der Waals surface area contributed by atoms with Crippen LogP contribution in [0.15, 0.2) is 21.6 Å². The first-order valence-corrected chi connectivity index (χ1v) is 8.54. The maximum atomic E-state index is 11.0. The molecular weight excluding hydrogens is 280 g/mol. The first-order valence-electron chi connectivity index (χ1n) is 6.99. The van der Waals surface area contributed by atoms with E-state index in [9.17, 15) is 8.42 Å². The monoisotopic (exact) mass is 302 g/mol. The molecule has 0 radical (unpaired) electrons. The van der Waals surface area contributed by atoms with E-state index >= 15 is 0 Å². The van der Waals surface area contributed by atoms with E-state index in [-0.39, 0.29) is 5.09 Å². The van der Waals surface area contributed by atoms with Gasteiger partial charge in [-0.3, -0.25) is 0 Å². The summed E-state index contributed by atoms with van der Waals surface area (Å²) >= 11 is 0. The minimum Gasteiger partial charge on any atom is -0.447 e. The van der Waals surface area contributed by atoms with Gasteiger partial charge in [0.05, 0.1) is 19.3 Å². The third kappa shape index (κ3) is 4.90. The number of furan rings is 1.